The summed E-state index contributed by atoms with van der Waals surface area (Å²) in [5.41, 5.74) is 1.09. The van der Waals surface area contributed by atoms with Gasteiger partial charge in [-0.2, -0.15) is 0 Å². The molecule has 2 unspecified atom stereocenters. The fourth-order valence-electron chi connectivity index (χ4n) is 2.51. The lowest BCUT2D eigenvalue weighted by Gasteiger charge is -2.07. The van der Waals surface area contributed by atoms with Crippen LogP contribution in [0.5, 0.6) is 0 Å². The molecule has 1 aliphatic carbocycles. The monoisotopic (exact) mass is 229 g/mol. The van der Waals surface area contributed by atoms with Crippen molar-refractivity contribution in [1.82, 2.24) is 4.57 Å². The topological polar surface area (TPSA) is 42.2 Å². The minimum absolute atomic E-state index is 0.0709. The average Bonchev–Trinajstić information content (AvgIpc) is 3.09. The zero-order valence-electron chi connectivity index (χ0n) is 9.76. The zero-order valence-corrected chi connectivity index (χ0v) is 9.76. The molecular formula is C14H15NO2. The van der Waals surface area contributed by atoms with Gasteiger partial charge in [-0.25, -0.2) is 0 Å². The minimum atomic E-state index is 0.0709. The molecule has 0 bridgehead atoms. The highest BCUT2D eigenvalue weighted by Crippen LogP contribution is 2.41. The van der Waals surface area contributed by atoms with Crippen molar-refractivity contribution in [2.45, 2.75) is 19.4 Å². The largest absolute Gasteiger partial charge is 0.396 e. The van der Waals surface area contributed by atoms with E-state index in [0.717, 1.165) is 22.8 Å². The van der Waals surface area contributed by atoms with Gasteiger partial charge in [0.1, 0.15) is 0 Å². The Labute approximate surface area is 99.3 Å². The predicted molar refractivity (Wildman–Crippen MR) is 67.2 cm³/mol. The van der Waals surface area contributed by atoms with E-state index in [4.69, 9.17) is 5.11 Å². The molecule has 2 atom stereocenters. The SMILES string of the molecule is Cc1cccc2ccn(C3CC3CO)c(=O)c12. The first kappa shape index (κ1) is 10.5. The van der Waals surface area contributed by atoms with E-state index in [1.807, 2.05) is 37.4 Å². The van der Waals surface area contributed by atoms with E-state index < -0.39 is 0 Å². The van der Waals surface area contributed by atoms with E-state index >= 15 is 0 Å². The van der Waals surface area contributed by atoms with Crippen molar-refractivity contribution < 1.29 is 5.11 Å². The van der Waals surface area contributed by atoms with Crippen LogP contribution in [-0.2, 0) is 0 Å². The van der Waals surface area contributed by atoms with Gasteiger partial charge >= 0.3 is 0 Å². The van der Waals surface area contributed by atoms with E-state index in [9.17, 15) is 4.79 Å². The number of fused-ring (bicyclic) bond motifs is 1. The Kier molecular flexibility index (Phi) is 2.30. The van der Waals surface area contributed by atoms with Gasteiger partial charge in [-0.15, -0.1) is 0 Å². The van der Waals surface area contributed by atoms with Gasteiger partial charge in [-0.05, 0) is 30.4 Å². The van der Waals surface area contributed by atoms with Gasteiger partial charge in [0.05, 0.1) is 5.39 Å². The standard InChI is InChI=1S/C14H15NO2/c1-9-3-2-4-10-5-6-15(14(17)13(9)10)12-7-11(12)8-16/h2-6,11-12,16H,7-8H2,1H3. The molecule has 1 fully saturated rings. The first-order valence-corrected chi connectivity index (χ1v) is 5.93. The van der Waals surface area contributed by atoms with E-state index in [-0.39, 0.29) is 24.1 Å². The highest BCUT2D eigenvalue weighted by molar-refractivity contribution is 5.84. The average molecular weight is 229 g/mol. The molecule has 3 rings (SSSR count). The smallest absolute Gasteiger partial charge is 0.258 e. The van der Waals surface area contributed by atoms with Crippen molar-refractivity contribution in [3.8, 4) is 0 Å². The van der Waals surface area contributed by atoms with Gasteiger partial charge in [-0.1, -0.05) is 18.2 Å². The van der Waals surface area contributed by atoms with Crippen LogP contribution in [-0.4, -0.2) is 16.3 Å². The summed E-state index contributed by atoms with van der Waals surface area (Å²) in [6.07, 6.45) is 2.76. The molecule has 0 amide bonds. The molecule has 1 aliphatic rings. The van der Waals surface area contributed by atoms with Crippen molar-refractivity contribution >= 4 is 10.8 Å². The lowest BCUT2D eigenvalue weighted by atomic mass is 10.1. The molecule has 88 valence electrons. The molecule has 1 aromatic heterocycles. The molecular weight excluding hydrogens is 214 g/mol. The second kappa shape index (κ2) is 3.70. The van der Waals surface area contributed by atoms with Crippen LogP contribution in [0.1, 0.15) is 18.0 Å². The van der Waals surface area contributed by atoms with Crippen molar-refractivity contribution in [1.29, 1.82) is 0 Å². The molecule has 0 aliphatic heterocycles. The predicted octanol–water partition coefficient (Wildman–Crippen LogP) is 1.86. The number of aryl methyl sites for hydroxylation is 1. The van der Waals surface area contributed by atoms with Crippen LogP contribution in [0, 0.1) is 12.8 Å². The summed E-state index contributed by atoms with van der Waals surface area (Å²) in [6.45, 7) is 2.13. The lowest BCUT2D eigenvalue weighted by Crippen LogP contribution is -2.20. The lowest BCUT2D eigenvalue weighted by molar-refractivity contribution is 0.268. The van der Waals surface area contributed by atoms with Crippen LogP contribution >= 0.6 is 0 Å². The molecule has 1 N–H and O–H groups in total. The maximum atomic E-state index is 12.4. The summed E-state index contributed by atoms with van der Waals surface area (Å²) in [7, 11) is 0. The van der Waals surface area contributed by atoms with E-state index in [1.54, 1.807) is 4.57 Å². The fraction of sp³-hybridized carbons (Fsp3) is 0.357. The van der Waals surface area contributed by atoms with Gasteiger partial charge in [0, 0.05) is 24.8 Å². The van der Waals surface area contributed by atoms with Crippen molar-refractivity contribution in [3.05, 3.63) is 46.4 Å². The number of aliphatic hydroxyl groups is 1. The summed E-state index contributed by atoms with van der Waals surface area (Å²) >= 11 is 0. The van der Waals surface area contributed by atoms with Crippen LogP contribution in [0.3, 0.4) is 0 Å². The number of pyridine rings is 1. The maximum absolute atomic E-state index is 12.4. The Balaban J connectivity index is 2.20. The summed E-state index contributed by atoms with van der Waals surface area (Å²) in [4.78, 5) is 12.4. The number of rotatable bonds is 2. The summed E-state index contributed by atoms with van der Waals surface area (Å²) in [6, 6.07) is 8.07. The van der Waals surface area contributed by atoms with Crippen molar-refractivity contribution in [2.24, 2.45) is 5.92 Å². The molecule has 2 aromatic rings. The van der Waals surface area contributed by atoms with Crippen molar-refractivity contribution in [2.75, 3.05) is 6.61 Å². The Hall–Kier alpha value is -1.61. The number of hydrogen-bond donors (Lipinski definition) is 1. The number of aromatic nitrogens is 1. The Morgan fingerprint density at radius 3 is 2.94 bits per heavy atom. The molecule has 0 radical (unpaired) electrons. The quantitative estimate of drug-likeness (QED) is 0.854. The molecule has 3 heteroatoms. The first-order chi connectivity index (χ1) is 8.22. The minimum Gasteiger partial charge on any atom is -0.396 e. The summed E-state index contributed by atoms with van der Waals surface area (Å²) in [5.74, 6) is 0.258. The van der Waals surface area contributed by atoms with Crippen LogP contribution in [0.25, 0.3) is 10.8 Å². The van der Waals surface area contributed by atoms with Gasteiger partial charge in [0.25, 0.3) is 5.56 Å². The van der Waals surface area contributed by atoms with Gasteiger partial charge in [0.15, 0.2) is 0 Å². The first-order valence-electron chi connectivity index (χ1n) is 5.93. The number of hydrogen-bond acceptors (Lipinski definition) is 2. The van der Waals surface area contributed by atoms with E-state index in [1.165, 1.54) is 0 Å². The second-order valence-corrected chi connectivity index (χ2v) is 4.81. The van der Waals surface area contributed by atoms with Crippen molar-refractivity contribution in [3.63, 3.8) is 0 Å². The molecule has 1 heterocycles. The van der Waals surface area contributed by atoms with Gasteiger partial charge in [0.2, 0.25) is 0 Å². The van der Waals surface area contributed by atoms with Gasteiger partial charge in [-0.3, -0.25) is 4.79 Å². The molecule has 0 saturated heterocycles. The third kappa shape index (κ3) is 1.58. The van der Waals surface area contributed by atoms with Gasteiger partial charge < -0.3 is 9.67 Å². The Morgan fingerprint density at radius 1 is 1.41 bits per heavy atom. The van der Waals surface area contributed by atoms with E-state index in [2.05, 4.69) is 0 Å². The number of benzene rings is 1. The summed E-state index contributed by atoms with van der Waals surface area (Å²) < 4.78 is 1.77. The molecule has 1 aromatic carbocycles. The normalized spacial score (nSPS) is 22.9. The zero-order chi connectivity index (χ0) is 12.0. The second-order valence-electron chi connectivity index (χ2n) is 4.81. The summed E-state index contributed by atoms with van der Waals surface area (Å²) in [5, 5.41) is 10.9. The van der Waals surface area contributed by atoms with Crippen LogP contribution in [0.4, 0.5) is 0 Å². The highest BCUT2D eigenvalue weighted by atomic mass is 16.3. The molecule has 17 heavy (non-hydrogen) atoms. The Bertz CT molecular complexity index is 630. The Morgan fingerprint density at radius 2 is 2.24 bits per heavy atom. The number of nitrogens with zero attached hydrogens (tertiary/aromatic N) is 1. The molecule has 0 spiro atoms. The van der Waals surface area contributed by atoms with Crippen LogP contribution in [0.15, 0.2) is 35.3 Å². The van der Waals surface area contributed by atoms with E-state index in [0.29, 0.717) is 0 Å². The molecule has 1 saturated carbocycles. The maximum Gasteiger partial charge on any atom is 0.258 e. The third-order valence-electron chi connectivity index (χ3n) is 3.65. The van der Waals surface area contributed by atoms with Crippen LogP contribution in [0.2, 0.25) is 0 Å². The van der Waals surface area contributed by atoms with Crippen LogP contribution < -0.4 is 5.56 Å². The third-order valence-corrected chi connectivity index (χ3v) is 3.65. The molecule has 3 nitrogen and oxygen atoms in total. The number of aliphatic hydroxyl groups excluding tert-OH is 1. The highest BCUT2D eigenvalue weighted by Gasteiger charge is 2.38. The fourth-order valence-corrected chi connectivity index (χ4v) is 2.51.